The average Bonchev–Trinajstić information content (AvgIpc) is 3.21. The maximum absolute atomic E-state index is 12.0. The third-order valence-corrected chi connectivity index (χ3v) is 6.46. The number of fused-ring (bicyclic) bond motifs is 1. The first-order valence-electron chi connectivity index (χ1n) is 10.7. The van der Waals surface area contributed by atoms with Crippen molar-refractivity contribution >= 4 is 39.7 Å². The fourth-order valence-electron chi connectivity index (χ4n) is 3.58. The maximum atomic E-state index is 12.0. The Balaban J connectivity index is 1.66. The van der Waals surface area contributed by atoms with Crippen LogP contribution in [0.4, 0.5) is 0 Å². The summed E-state index contributed by atoms with van der Waals surface area (Å²) in [6.07, 6.45) is 3.29. The summed E-state index contributed by atoms with van der Waals surface area (Å²) in [6.45, 7) is 8.31. The quantitative estimate of drug-likeness (QED) is 0.357. The number of rotatable bonds is 7. The van der Waals surface area contributed by atoms with Gasteiger partial charge in [0.2, 0.25) is 5.91 Å². The molecule has 0 spiro atoms. The standard InChI is InChI=1S/C25H25ClN4O2S/c1-14(2)25(31)28-10-17-9-27-11-21(26)20(17)12-32-22-7-5-6-18-19(8-15(3)30-24(18)22)23-16(4)33-13-29-23/h5-9,11,13-14H,10,12H2,1-4H3,(H,28,31). The van der Waals surface area contributed by atoms with Crippen molar-refractivity contribution in [3.05, 3.63) is 68.9 Å². The maximum Gasteiger partial charge on any atom is 0.222 e. The molecule has 33 heavy (non-hydrogen) atoms. The summed E-state index contributed by atoms with van der Waals surface area (Å²) in [6, 6.07) is 7.96. The number of ether oxygens (including phenoxy) is 1. The summed E-state index contributed by atoms with van der Waals surface area (Å²) in [5, 5.41) is 4.40. The molecule has 0 saturated heterocycles. The zero-order chi connectivity index (χ0) is 23.5. The van der Waals surface area contributed by atoms with Crippen LogP contribution in [0.5, 0.6) is 5.75 Å². The predicted molar refractivity (Wildman–Crippen MR) is 133 cm³/mol. The summed E-state index contributed by atoms with van der Waals surface area (Å²) >= 11 is 8.07. The van der Waals surface area contributed by atoms with E-state index in [-0.39, 0.29) is 18.4 Å². The van der Waals surface area contributed by atoms with Crippen LogP contribution in [0.15, 0.2) is 42.2 Å². The first-order valence-corrected chi connectivity index (χ1v) is 11.9. The van der Waals surface area contributed by atoms with Gasteiger partial charge in [0.25, 0.3) is 0 Å². The van der Waals surface area contributed by atoms with Crippen LogP contribution in [-0.2, 0) is 17.9 Å². The summed E-state index contributed by atoms with van der Waals surface area (Å²) in [7, 11) is 0. The summed E-state index contributed by atoms with van der Waals surface area (Å²) in [5.74, 6) is 0.535. The second-order valence-electron chi connectivity index (χ2n) is 8.14. The van der Waals surface area contributed by atoms with Gasteiger partial charge in [0.05, 0.1) is 16.2 Å². The number of hydrogen-bond acceptors (Lipinski definition) is 6. The highest BCUT2D eigenvalue weighted by molar-refractivity contribution is 7.10. The number of hydrogen-bond donors (Lipinski definition) is 1. The van der Waals surface area contributed by atoms with Crippen LogP contribution in [0.25, 0.3) is 22.2 Å². The van der Waals surface area contributed by atoms with Crippen molar-refractivity contribution in [3.8, 4) is 17.0 Å². The molecule has 4 aromatic rings. The topological polar surface area (TPSA) is 77.0 Å². The number of carbonyl (C=O) groups excluding carboxylic acids is 1. The van der Waals surface area contributed by atoms with Gasteiger partial charge in [0.1, 0.15) is 17.9 Å². The van der Waals surface area contributed by atoms with Crippen molar-refractivity contribution in [1.29, 1.82) is 0 Å². The number of carbonyl (C=O) groups is 1. The van der Waals surface area contributed by atoms with Gasteiger partial charge >= 0.3 is 0 Å². The Kier molecular flexibility index (Phi) is 6.91. The lowest BCUT2D eigenvalue weighted by Gasteiger charge is -2.15. The lowest BCUT2D eigenvalue weighted by Crippen LogP contribution is -2.27. The van der Waals surface area contributed by atoms with Gasteiger partial charge in [-0.2, -0.15) is 0 Å². The minimum Gasteiger partial charge on any atom is -0.487 e. The third kappa shape index (κ3) is 4.99. The number of pyridine rings is 2. The average molecular weight is 481 g/mol. The second kappa shape index (κ2) is 9.85. The molecule has 0 aliphatic carbocycles. The van der Waals surface area contributed by atoms with Gasteiger partial charge in [-0.3, -0.25) is 9.78 Å². The van der Waals surface area contributed by atoms with Crippen LogP contribution in [0.3, 0.4) is 0 Å². The van der Waals surface area contributed by atoms with E-state index < -0.39 is 0 Å². The Morgan fingerprint density at radius 2 is 2.06 bits per heavy atom. The van der Waals surface area contributed by atoms with Gasteiger partial charge in [0, 0.05) is 51.9 Å². The molecule has 1 aromatic carbocycles. The number of thiazole rings is 1. The van der Waals surface area contributed by atoms with E-state index in [1.165, 1.54) is 0 Å². The Hall–Kier alpha value is -3.03. The second-order valence-corrected chi connectivity index (χ2v) is 9.61. The van der Waals surface area contributed by atoms with Crippen LogP contribution < -0.4 is 10.1 Å². The van der Waals surface area contributed by atoms with E-state index in [0.29, 0.717) is 17.3 Å². The molecule has 0 saturated carbocycles. The van der Waals surface area contributed by atoms with Gasteiger partial charge in [-0.15, -0.1) is 11.3 Å². The zero-order valence-corrected chi connectivity index (χ0v) is 20.5. The first kappa shape index (κ1) is 23.1. The first-order chi connectivity index (χ1) is 15.8. The zero-order valence-electron chi connectivity index (χ0n) is 19.0. The Morgan fingerprint density at radius 1 is 1.24 bits per heavy atom. The fourth-order valence-corrected chi connectivity index (χ4v) is 4.40. The molecule has 3 aromatic heterocycles. The molecule has 1 N–H and O–H groups in total. The van der Waals surface area contributed by atoms with E-state index in [4.69, 9.17) is 21.3 Å². The predicted octanol–water partition coefficient (Wildman–Crippen LogP) is 5.87. The van der Waals surface area contributed by atoms with Crippen molar-refractivity contribution < 1.29 is 9.53 Å². The lowest BCUT2D eigenvalue weighted by molar-refractivity contribution is -0.124. The minimum atomic E-state index is -0.0996. The lowest BCUT2D eigenvalue weighted by atomic mass is 10.0. The Labute approximate surface area is 202 Å². The fraction of sp³-hybridized carbons (Fsp3) is 0.280. The summed E-state index contributed by atoms with van der Waals surface area (Å²) < 4.78 is 6.23. The highest BCUT2D eigenvalue weighted by Crippen LogP contribution is 2.35. The van der Waals surface area contributed by atoms with Crippen LogP contribution in [0.1, 0.15) is 35.5 Å². The number of amides is 1. The molecule has 0 unspecified atom stereocenters. The van der Waals surface area contributed by atoms with E-state index in [1.54, 1.807) is 23.7 Å². The van der Waals surface area contributed by atoms with Crippen molar-refractivity contribution in [3.63, 3.8) is 0 Å². The van der Waals surface area contributed by atoms with Gasteiger partial charge < -0.3 is 10.1 Å². The molecule has 170 valence electrons. The van der Waals surface area contributed by atoms with E-state index >= 15 is 0 Å². The summed E-state index contributed by atoms with van der Waals surface area (Å²) in [4.78, 5) is 26.7. The smallest absolute Gasteiger partial charge is 0.222 e. The largest absolute Gasteiger partial charge is 0.487 e. The molecule has 1 amide bonds. The molecule has 4 rings (SSSR count). The molecular formula is C25H25ClN4O2S. The van der Waals surface area contributed by atoms with Crippen LogP contribution in [0.2, 0.25) is 5.02 Å². The van der Waals surface area contributed by atoms with Gasteiger partial charge in [-0.25, -0.2) is 9.97 Å². The SMILES string of the molecule is Cc1cc(-c2ncsc2C)c2cccc(OCc3c(Cl)cncc3CNC(=O)C(C)C)c2n1. The molecular weight excluding hydrogens is 456 g/mol. The van der Waals surface area contributed by atoms with E-state index in [2.05, 4.69) is 28.3 Å². The van der Waals surface area contributed by atoms with Crippen molar-refractivity contribution in [2.75, 3.05) is 0 Å². The minimum absolute atomic E-state index is 0.0274. The number of para-hydroxylation sites is 1. The van der Waals surface area contributed by atoms with Crippen molar-refractivity contribution in [2.45, 2.75) is 40.8 Å². The van der Waals surface area contributed by atoms with E-state index in [1.807, 2.05) is 44.5 Å². The van der Waals surface area contributed by atoms with Crippen molar-refractivity contribution in [1.82, 2.24) is 20.3 Å². The van der Waals surface area contributed by atoms with Gasteiger partial charge in [0.15, 0.2) is 0 Å². The molecule has 0 fully saturated rings. The Morgan fingerprint density at radius 3 is 2.79 bits per heavy atom. The molecule has 0 aliphatic rings. The van der Waals surface area contributed by atoms with E-state index in [9.17, 15) is 4.79 Å². The highest BCUT2D eigenvalue weighted by atomic mass is 35.5. The number of aromatic nitrogens is 3. The number of benzene rings is 1. The van der Waals surface area contributed by atoms with Gasteiger partial charge in [-0.05, 0) is 31.5 Å². The molecule has 3 heterocycles. The number of halogens is 1. The highest BCUT2D eigenvalue weighted by Gasteiger charge is 2.16. The molecule has 0 radical (unpaired) electrons. The number of nitrogens with zero attached hydrogens (tertiary/aromatic N) is 3. The summed E-state index contributed by atoms with van der Waals surface area (Å²) in [5.41, 5.74) is 7.14. The number of aryl methyl sites for hydroxylation is 2. The molecule has 8 heteroatoms. The third-order valence-electron chi connectivity index (χ3n) is 5.37. The molecule has 0 aliphatic heterocycles. The molecule has 0 bridgehead atoms. The van der Waals surface area contributed by atoms with Crippen LogP contribution in [-0.4, -0.2) is 20.9 Å². The normalized spacial score (nSPS) is 11.2. The molecule has 6 nitrogen and oxygen atoms in total. The Bertz CT molecular complexity index is 1320. The monoisotopic (exact) mass is 480 g/mol. The van der Waals surface area contributed by atoms with Gasteiger partial charge in [-0.1, -0.05) is 37.6 Å². The van der Waals surface area contributed by atoms with Crippen molar-refractivity contribution in [2.24, 2.45) is 5.92 Å². The molecule has 0 atom stereocenters. The van der Waals surface area contributed by atoms with Crippen LogP contribution >= 0.6 is 22.9 Å². The number of nitrogens with one attached hydrogen (secondary N) is 1. The van der Waals surface area contributed by atoms with Crippen LogP contribution in [0, 0.1) is 19.8 Å². The van der Waals surface area contributed by atoms with E-state index in [0.717, 1.165) is 43.9 Å².